The molecule has 0 radical (unpaired) electrons. The molecule has 0 bridgehead atoms. The normalized spacial score (nSPS) is 22.7. The van der Waals surface area contributed by atoms with Crippen molar-refractivity contribution in [1.29, 1.82) is 0 Å². The van der Waals surface area contributed by atoms with Gasteiger partial charge < -0.3 is 15.8 Å². The molecule has 0 aliphatic heterocycles. The summed E-state index contributed by atoms with van der Waals surface area (Å²) in [6.45, 7) is 1.80. The average Bonchev–Trinajstić information content (AvgIpc) is 2.92. The SMILES string of the molecule is COC(=O)c1nc(C)cc(NC2CC2N)n1. The summed E-state index contributed by atoms with van der Waals surface area (Å²) in [6.07, 6.45) is 0.927. The minimum absolute atomic E-state index is 0.0687. The number of methoxy groups -OCH3 is 1. The Morgan fingerprint density at radius 1 is 1.62 bits per heavy atom. The molecule has 1 aromatic heterocycles. The van der Waals surface area contributed by atoms with Crippen molar-refractivity contribution >= 4 is 11.8 Å². The summed E-state index contributed by atoms with van der Waals surface area (Å²) in [5.74, 6) is 0.150. The van der Waals surface area contributed by atoms with E-state index in [0.29, 0.717) is 11.5 Å². The van der Waals surface area contributed by atoms with E-state index < -0.39 is 5.97 Å². The monoisotopic (exact) mass is 222 g/mol. The molecule has 1 fully saturated rings. The number of aromatic nitrogens is 2. The van der Waals surface area contributed by atoms with Gasteiger partial charge in [0.2, 0.25) is 5.82 Å². The van der Waals surface area contributed by atoms with Gasteiger partial charge >= 0.3 is 5.97 Å². The molecule has 3 N–H and O–H groups in total. The molecule has 0 amide bonds. The Bertz CT molecular complexity index is 421. The Morgan fingerprint density at radius 2 is 2.31 bits per heavy atom. The molecule has 2 atom stereocenters. The summed E-state index contributed by atoms with van der Waals surface area (Å²) in [7, 11) is 1.30. The van der Waals surface area contributed by atoms with Crippen molar-refractivity contribution in [2.45, 2.75) is 25.4 Å². The van der Waals surface area contributed by atoms with Crippen LogP contribution < -0.4 is 11.1 Å². The third-order valence-corrected chi connectivity index (χ3v) is 2.40. The van der Waals surface area contributed by atoms with Gasteiger partial charge in [-0.25, -0.2) is 14.8 Å². The number of esters is 1. The van der Waals surface area contributed by atoms with Gasteiger partial charge in [0.1, 0.15) is 5.82 Å². The van der Waals surface area contributed by atoms with Crippen LogP contribution in [0.25, 0.3) is 0 Å². The fraction of sp³-hybridized carbons (Fsp3) is 0.500. The molecule has 1 aliphatic rings. The summed E-state index contributed by atoms with van der Waals surface area (Å²) >= 11 is 0. The molecule has 86 valence electrons. The lowest BCUT2D eigenvalue weighted by atomic mass is 10.4. The standard InChI is InChI=1S/C10H14N4O2/c1-5-3-8(13-7-4-6(7)11)14-9(12-5)10(15)16-2/h3,6-7H,4,11H2,1-2H3,(H,12,13,14). The zero-order chi connectivity index (χ0) is 11.7. The highest BCUT2D eigenvalue weighted by Crippen LogP contribution is 2.23. The Morgan fingerprint density at radius 3 is 2.88 bits per heavy atom. The Balaban J connectivity index is 2.18. The molecule has 16 heavy (non-hydrogen) atoms. The van der Waals surface area contributed by atoms with Crippen LogP contribution in [0.3, 0.4) is 0 Å². The van der Waals surface area contributed by atoms with Gasteiger partial charge in [-0.3, -0.25) is 0 Å². The van der Waals surface area contributed by atoms with Crippen LogP contribution in [0.5, 0.6) is 0 Å². The van der Waals surface area contributed by atoms with Gasteiger partial charge in [0.25, 0.3) is 0 Å². The van der Waals surface area contributed by atoms with Crippen molar-refractivity contribution in [3.8, 4) is 0 Å². The third kappa shape index (κ3) is 2.27. The largest absolute Gasteiger partial charge is 0.463 e. The highest BCUT2D eigenvalue weighted by atomic mass is 16.5. The maximum absolute atomic E-state index is 11.3. The average molecular weight is 222 g/mol. The summed E-state index contributed by atoms with van der Waals surface area (Å²) in [4.78, 5) is 19.3. The number of aryl methyl sites for hydroxylation is 1. The minimum Gasteiger partial charge on any atom is -0.463 e. The van der Waals surface area contributed by atoms with Crippen LogP contribution in [0.15, 0.2) is 6.07 Å². The van der Waals surface area contributed by atoms with E-state index >= 15 is 0 Å². The first kappa shape index (κ1) is 10.8. The first-order valence-electron chi connectivity index (χ1n) is 5.06. The van der Waals surface area contributed by atoms with Crippen molar-refractivity contribution in [3.05, 3.63) is 17.6 Å². The predicted molar refractivity (Wildman–Crippen MR) is 58.1 cm³/mol. The van der Waals surface area contributed by atoms with Gasteiger partial charge in [-0.1, -0.05) is 0 Å². The van der Waals surface area contributed by atoms with E-state index in [2.05, 4.69) is 20.0 Å². The van der Waals surface area contributed by atoms with E-state index in [-0.39, 0.29) is 17.9 Å². The van der Waals surface area contributed by atoms with E-state index in [1.807, 2.05) is 0 Å². The smallest absolute Gasteiger partial charge is 0.376 e. The zero-order valence-electron chi connectivity index (χ0n) is 9.23. The molecular weight excluding hydrogens is 208 g/mol. The summed E-state index contributed by atoms with van der Waals surface area (Å²) in [5, 5.41) is 3.14. The molecule has 2 rings (SSSR count). The second kappa shape index (κ2) is 4.05. The number of nitrogens with two attached hydrogens (primary N) is 1. The number of hydrogen-bond donors (Lipinski definition) is 2. The van der Waals surface area contributed by atoms with Gasteiger partial charge in [-0.2, -0.15) is 0 Å². The number of rotatable bonds is 3. The molecule has 6 heteroatoms. The van der Waals surface area contributed by atoms with E-state index in [1.54, 1.807) is 13.0 Å². The zero-order valence-corrected chi connectivity index (χ0v) is 9.23. The van der Waals surface area contributed by atoms with E-state index in [0.717, 1.165) is 6.42 Å². The number of carbonyl (C=O) groups excluding carboxylic acids is 1. The Labute approximate surface area is 93.2 Å². The number of nitrogens with one attached hydrogen (secondary N) is 1. The van der Waals surface area contributed by atoms with Crippen molar-refractivity contribution in [2.75, 3.05) is 12.4 Å². The van der Waals surface area contributed by atoms with E-state index in [9.17, 15) is 4.79 Å². The van der Waals surface area contributed by atoms with Crippen LogP contribution in [-0.4, -0.2) is 35.1 Å². The van der Waals surface area contributed by atoms with Gasteiger partial charge in [-0.05, 0) is 13.3 Å². The summed E-state index contributed by atoms with van der Waals surface area (Å²) < 4.78 is 4.57. The second-order valence-corrected chi connectivity index (χ2v) is 3.86. The van der Waals surface area contributed by atoms with E-state index in [1.165, 1.54) is 7.11 Å². The van der Waals surface area contributed by atoms with Gasteiger partial charge in [0, 0.05) is 23.8 Å². The highest BCUT2D eigenvalue weighted by molar-refractivity contribution is 5.85. The topological polar surface area (TPSA) is 90.1 Å². The van der Waals surface area contributed by atoms with Gasteiger partial charge in [-0.15, -0.1) is 0 Å². The lowest BCUT2D eigenvalue weighted by Crippen LogP contribution is -2.16. The Hall–Kier alpha value is -1.69. The summed E-state index contributed by atoms with van der Waals surface area (Å²) in [6, 6.07) is 2.20. The second-order valence-electron chi connectivity index (χ2n) is 3.86. The molecule has 1 saturated carbocycles. The minimum atomic E-state index is -0.535. The predicted octanol–water partition coefficient (Wildman–Crippen LogP) is 0.0831. The third-order valence-electron chi connectivity index (χ3n) is 2.40. The van der Waals surface area contributed by atoms with Crippen LogP contribution in [0, 0.1) is 6.92 Å². The lowest BCUT2D eigenvalue weighted by Gasteiger charge is -2.06. The van der Waals surface area contributed by atoms with E-state index in [4.69, 9.17) is 5.73 Å². The van der Waals surface area contributed by atoms with Gasteiger partial charge in [0.05, 0.1) is 7.11 Å². The van der Waals surface area contributed by atoms with Crippen molar-refractivity contribution < 1.29 is 9.53 Å². The van der Waals surface area contributed by atoms with Gasteiger partial charge in [0.15, 0.2) is 0 Å². The van der Waals surface area contributed by atoms with Crippen LogP contribution in [0.4, 0.5) is 5.82 Å². The van der Waals surface area contributed by atoms with Crippen LogP contribution >= 0.6 is 0 Å². The van der Waals surface area contributed by atoms with Crippen LogP contribution in [0.1, 0.15) is 22.7 Å². The van der Waals surface area contributed by atoms with Crippen molar-refractivity contribution in [3.63, 3.8) is 0 Å². The maximum atomic E-state index is 11.3. The van der Waals surface area contributed by atoms with Crippen LogP contribution in [0.2, 0.25) is 0 Å². The van der Waals surface area contributed by atoms with Crippen LogP contribution in [-0.2, 0) is 4.74 Å². The quantitative estimate of drug-likeness (QED) is 0.704. The molecule has 0 saturated heterocycles. The number of nitrogens with zero attached hydrogens (tertiary/aromatic N) is 2. The fourth-order valence-corrected chi connectivity index (χ4v) is 1.40. The molecule has 1 aromatic rings. The fourth-order valence-electron chi connectivity index (χ4n) is 1.40. The highest BCUT2D eigenvalue weighted by Gasteiger charge is 2.33. The maximum Gasteiger partial charge on any atom is 0.376 e. The molecule has 6 nitrogen and oxygen atoms in total. The number of hydrogen-bond acceptors (Lipinski definition) is 6. The lowest BCUT2D eigenvalue weighted by molar-refractivity contribution is 0.0586. The van der Waals surface area contributed by atoms with Crippen molar-refractivity contribution in [1.82, 2.24) is 9.97 Å². The molecule has 0 aromatic carbocycles. The first-order chi connectivity index (χ1) is 7.60. The molecule has 0 spiro atoms. The number of ether oxygens (including phenoxy) is 1. The number of carbonyl (C=O) groups is 1. The number of anilines is 1. The summed E-state index contributed by atoms with van der Waals surface area (Å²) in [5.41, 5.74) is 6.39. The Kier molecular flexibility index (Phi) is 2.74. The molecule has 1 heterocycles. The van der Waals surface area contributed by atoms with Crippen molar-refractivity contribution in [2.24, 2.45) is 5.73 Å². The first-order valence-corrected chi connectivity index (χ1v) is 5.06. The molecule has 1 aliphatic carbocycles. The molecule has 2 unspecified atom stereocenters. The molecular formula is C10H14N4O2.